The van der Waals surface area contributed by atoms with E-state index in [4.69, 9.17) is 14.2 Å². The summed E-state index contributed by atoms with van der Waals surface area (Å²) in [6, 6.07) is 0. The number of aliphatic hydroxyl groups is 1. The highest BCUT2D eigenvalue weighted by molar-refractivity contribution is 7.63. The highest BCUT2D eigenvalue weighted by Gasteiger charge is 2.80. The Morgan fingerprint density at radius 3 is 2.63 bits per heavy atom. The first-order valence-electron chi connectivity index (χ1n) is 12.4. The molecule has 3 saturated carbocycles. The number of rotatable bonds is 0. The Kier molecular flexibility index (Phi) is 3.72. The van der Waals surface area contributed by atoms with Crippen molar-refractivity contribution in [1.29, 1.82) is 0 Å². The lowest BCUT2D eigenvalue weighted by atomic mass is 9.45. The lowest BCUT2D eigenvalue weighted by Gasteiger charge is -2.72. The van der Waals surface area contributed by atoms with E-state index in [0.29, 0.717) is 22.9 Å². The van der Waals surface area contributed by atoms with Crippen LogP contribution >= 0.6 is 7.92 Å². The molecule has 4 nitrogen and oxygen atoms in total. The zero-order valence-electron chi connectivity index (χ0n) is 18.8. The van der Waals surface area contributed by atoms with Crippen molar-refractivity contribution in [3.8, 4) is 0 Å². The van der Waals surface area contributed by atoms with Gasteiger partial charge in [0.05, 0.1) is 30.8 Å². The van der Waals surface area contributed by atoms with Crippen LogP contribution in [-0.2, 0) is 14.2 Å². The Morgan fingerprint density at radius 1 is 1.03 bits per heavy atom. The van der Waals surface area contributed by atoms with Gasteiger partial charge in [-0.05, 0) is 75.3 Å². The summed E-state index contributed by atoms with van der Waals surface area (Å²) < 4.78 is 18.6. The summed E-state index contributed by atoms with van der Waals surface area (Å²) in [6.45, 7) is 9.48. The first-order valence-corrected chi connectivity index (χ1v) is 13.9. The molecule has 7 rings (SSSR count). The van der Waals surface area contributed by atoms with E-state index in [1.807, 2.05) is 0 Å². The molecule has 0 aromatic rings. The molecule has 2 spiro atoms. The van der Waals surface area contributed by atoms with Crippen LogP contribution in [0.2, 0.25) is 0 Å². The fourth-order valence-electron chi connectivity index (χ4n) is 10.4. The van der Waals surface area contributed by atoms with Gasteiger partial charge in [0.1, 0.15) is 0 Å². The van der Waals surface area contributed by atoms with Gasteiger partial charge < -0.3 is 19.3 Å². The highest BCUT2D eigenvalue weighted by Crippen LogP contribution is 2.89. The Morgan fingerprint density at radius 2 is 1.83 bits per heavy atom. The highest BCUT2D eigenvalue weighted by atomic mass is 31.1. The van der Waals surface area contributed by atoms with Gasteiger partial charge in [-0.25, -0.2) is 0 Å². The molecule has 7 unspecified atom stereocenters. The van der Waals surface area contributed by atoms with Gasteiger partial charge in [-0.1, -0.05) is 26.5 Å². The fourth-order valence-corrected chi connectivity index (χ4v) is 15.1. The summed E-state index contributed by atoms with van der Waals surface area (Å²) in [7, 11) is -0.128. The smallest absolute Gasteiger partial charge is 0.172 e. The molecule has 6 fully saturated rings. The minimum atomic E-state index is -0.591. The second-order valence-corrected chi connectivity index (χ2v) is 15.1. The van der Waals surface area contributed by atoms with E-state index in [1.54, 1.807) is 0 Å². The Hall–Kier alpha value is 0.0100. The summed E-state index contributed by atoms with van der Waals surface area (Å²) in [6.07, 6.45) is 11.6. The van der Waals surface area contributed by atoms with E-state index in [2.05, 4.69) is 26.8 Å². The first-order chi connectivity index (χ1) is 14.3. The topological polar surface area (TPSA) is 47.9 Å². The molecule has 166 valence electrons. The van der Waals surface area contributed by atoms with E-state index in [0.717, 1.165) is 57.8 Å². The van der Waals surface area contributed by atoms with Gasteiger partial charge in [0, 0.05) is 23.9 Å². The number of fused-ring (bicyclic) bond motifs is 6. The van der Waals surface area contributed by atoms with Gasteiger partial charge >= 0.3 is 0 Å². The second kappa shape index (κ2) is 5.73. The molecule has 9 atom stereocenters. The van der Waals surface area contributed by atoms with Crippen molar-refractivity contribution in [2.45, 2.75) is 87.6 Å². The number of hydrogen-bond acceptors (Lipinski definition) is 4. The zero-order chi connectivity index (χ0) is 20.6. The van der Waals surface area contributed by atoms with Crippen molar-refractivity contribution in [2.24, 2.45) is 29.1 Å². The lowest BCUT2D eigenvalue weighted by molar-refractivity contribution is -0.203. The third-order valence-electron chi connectivity index (χ3n) is 11.0. The Bertz CT molecular complexity index is 808. The molecular weight excluding hydrogens is 395 g/mol. The Balaban J connectivity index is 1.29. The maximum atomic E-state index is 12.2. The second-order valence-electron chi connectivity index (χ2n) is 12.1. The average Bonchev–Trinajstić information content (AvgIpc) is 3.37. The van der Waals surface area contributed by atoms with Gasteiger partial charge in [-0.3, -0.25) is 0 Å². The molecular formula is C25H37O4P. The molecule has 3 heterocycles. The molecule has 1 N–H and O–H groups in total. The molecule has 0 aromatic carbocycles. The third-order valence-corrected chi connectivity index (χ3v) is 15.0. The van der Waals surface area contributed by atoms with Crippen molar-refractivity contribution in [1.82, 2.24) is 0 Å². The number of hydrogen-bond donors (Lipinski definition) is 1. The van der Waals surface area contributed by atoms with E-state index in [9.17, 15) is 5.11 Å². The summed E-state index contributed by atoms with van der Waals surface area (Å²) in [5.41, 5.74) is 1.00. The molecule has 7 aliphatic rings. The van der Waals surface area contributed by atoms with Crippen LogP contribution in [-0.4, -0.2) is 53.0 Å². The van der Waals surface area contributed by atoms with Gasteiger partial charge in [-0.15, -0.1) is 0 Å². The van der Waals surface area contributed by atoms with E-state index < -0.39 is 5.60 Å². The van der Waals surface area contributed by atoms with Crippen molar-refractivity contribution < 1.29 is 19.3 Å². The maximum absolute atomic E-state index is 12.2. The third kappa shape index (κ3) is 2.04. The molecule has 4 aliphatic carbocycles. The lowest BCUT2D eigenvalue weighted by Crippen LogP contribution is -2.70. The molecule has 5 heteroatoms. The minimum Gasteiger partial charge on any atom is -0.390 e. The number of allylic oxidation sites excluding steroid dienone is 1. The average molecular weight is 433 g/mol. The maximum Gasteiger partial charge on any atom is 0.172 e. The van der Waals surface area contributed by atoms with Gasteiger partial charge in [-0.2, -0.15) is 0 Å². The molecule has 3 aliphatic heterocycles. The van der Waals surface area contributed by atoms with E-state index in [-0.39, 0.29) is 24.5 Å². The normalized spacial score (nSPS) is 60.1. The van der Waals surface area contributed by atoms with Crippen LogP contribution in [0.4, 0.5) is 0 Å². The Labute approximate surface area is 181 Å². The molecule has 0 radical (unpaired) electrons. The quantitative estimate of drug-likeness (QED) is 0.447. The van der Waals surface area contributed by atoms with Crippen molar-refractivity contribution in [2.75, 3.05) is 26.0 Å². The fraction of sp³-hybridized carbons (Fsp3) is 0.920. The molecule has 30 heavy (non-hydrogen) atoms. The van der Waals surface area contributed by atoms with Crippen LogP contribution in [0, 0.1) is 29.1 Å². The van der Waals surface area contributed by atoms with Gasteiger partial charge in [0.15, 0.2) is 5.79 Å². The van der Waals surface area contributed by atoms with Crippen LogP contribution in [0.5, 0.6) is 0 Å². The predicted molar refractivity (Wildman–Crippen MR) is 117 cm³/mol. The standard InChI is InChI=1S/C25H37O4P/c1-21-8-9-24(28-10-11-29-24)14-16(21)4-5-17-18-6-7-19-23(3)27-12-13-30(23)25(18,19)15-22(2,26)20(17)21/h4,17-20,26H,5-15H2,1-3H3/t17?,18?,19-,20?,21?,22+,23?,25?,30?/m1/s1. The van der Waals surface area contributed by atoms with Gasteiger partial charge in [0.2, 0.25) is 0 Å². The van der Waals surface area contributed by atoms with Crippen LogP contribution < -0.4 is 0 Å². The van der Waals surface area contributed by atoms with Crippen molar-refractivity contribution in [3.05, 3.63) is 11.6 Å². The zero-order valence-corrected chi connectivity index (χ0v) is 19.7. The molecule has 0 bridgehead atoms. The SMILES string of the molecule is CC12CCC3(CC1=CCC1C4CC[C@@H]5C6(C)OCCP6C45C[C@](C)(O)C12)OCCO3. The monoisotopic (exact) mass is 432 g/mol. The first kappa shape index (κ1) is 19.5. The summed E-state index contributed by atoms with van der Waals surface area (Å²) in [5.74, 6) is 2.09. The van der Waals surface area contributed by atoms with E-state index in [1.165, 1.54) is 24.6 Å². The predicted octanol–water partition coefficient (Wildman–Crippen LogP) is 4.64. The minimum absolute atomic E-state index is 0.0825. The van der Waals surface area contributed by atoms with Crippen LogP contribution in [0.15, 0.2) is 11.6 Å². The van der Waals surface area contributed by atoms with Crippen molar-refractivity contribution >= 4 is 7.92 Å². The van der Waals surface area contributed by atoms with Crippen LogP contribution in [0.3, 0.4) is 0 Å². The van der Waals surface area contributed by atoms with Crippen molar-refractivity contribution in [3.63, 3.8) is 0 Å². The molecule has 0 aromatic heterocycles. The number of ether oxygens (including phenoxy) is 3. The van der Waals surface area contributed by atoms with Gasteiger partial charge in [0.25, 0.3) is 0 Å². The van der Waals surface area contributed by atoms with Crippen LogP contribution in [0.25, 0.3) is 0 Å². The molecule has 3 saturated heterocycles. The van der Waals surface area contributed by atoms with Crippen LogP contribution in [0.1, 0.15) is 65.7 Å². The summed E-state index contributed by atoms with van der Waals surface area (Å²) >= 11 is 0. The largest absolute Gasteiger partial charge is 0.390 e. The summed E-state index contributed by atoms with van der Waals surface area (Å²) in [5, 5.41) is 12.7. The molecule has 0 amide bonds. The van der Waals surface area contributed by atoms with E-state index >= 15 is 0 Å². The summed E-state index contributed by atoms with van der Waals surface area (Å²) in [4.78, 5) is 0.